The van der Waals surface area contributed by atoms with E-state index in [-0.39, 0.29) is 17.3 Å². The molecule has 0 aliphatic heterocycles. The van der Waals surface area contributed by atoms with Crippen LogP contribution in [0.25, 0.3) is 0 Å². The Morgan fingerprint density at radius 3 is 2.71 bits per heavy atom. The molecule has 2 N–H and O–H groups in total. The molecule has 0 aromatic carbocycles. The molecule has 90 valence electrons. The summed E-state index contributed by atoms with van der Waals surface area (Å²) in [6.45, 7) is 2.45. The molecule has 0 radical (unpaired) electrons. The first kappa shape index (κ1) is 12.5. The normalized spacial score (nSPS) is 12.6. The summed E-state index contributed by atoms with van der Waals surface area (Å²) >= 11 is 0. The number of hydrogen-bond donors (Lipinski definition) is 2. The third-order valence-corrected chi connectivity index (χ3v) is 1.70. The van der Waals surface area contributed by atoms with Crippen molar-refractivity contribution >= 4 is 17.4 Å². The monoisotopic (exact) mass is 239 g/mol. The third kappa shape index (κ3) is 2.93. The SMILES string of the molecule is CC(=O)/C(N=Nc1nc[nH]c1[N+](=O)[O-])=C(\C)O. The van der Waals surface area contributed by atoms with Crippen LogP contribution in [0.5, 0.6) is 0 Å². The number of H-pyrrole nitrogens is 1. The number of carbonyl (C=O) groups is 1. The minimum absolute atomic E-state index is 0.269. The number of nitro groups is 1. The summed E-state index contributed by atoms with van der Waals surface area (Å²) in [5.41, 5.74) is -0.276. The van der Waals surface area contributed by atoms with E-state index in [0.29, 0.717) is 0 Å². The number of imidazole rings is 1. The Hall–Kier alpha value is -2.58. The maximum Gasteiger partial charge on any atom is 0.369 e. The molecular weight excluding hydrogens is 230 g/mol. The molecule has 0 unspecified atom stereocenters. The molecular formula is C8H9N5O4. The molecule has 0 saturated heterocycles. The van der Waals surface area contributed by atoms with Crippen LogP contribution in [0, 0.1) is 10.1 Å². The third-order valence-electron chi connectivity index (χ3n) is 1.70. The van der Waals surface area contributed by atoms with Gasteiger partial charge in [0, 0.05) is 6.92 Å². The van der Waals surface area contributed by atoms with Gasteiger partial charge in [0.05, 0.1) is 0 Å². The minimum atomic E-state index is -0.718. The molecule has 0 amide bonds. The van der Waals surface area contributed by atoms with E-state index in [1.54, 1.807) is 0 Å². The molecule has 1 heterocycles. The van der Waals surface area contributed by atoms with Gasteiger partial charge in [-0.3, -0.25) is 4.79 Å². The second-order valence-corrected chi connectivity index (χ2v) is 3.02. The van der Waals surface area contributed by atoms with Crippen LogP contribution in [0.2, 0.25) is 0 Å². The number of hydrogen-bond acceptors (Lipinski definition) is 7. The number of nitrogens with one attached hydrogen (secondary N) is 1. The smallest absolute Gasteiger partial charge is 0.369 e. The zero-order chi connectivity index (χ0) is 13.0. The van der Waals surface area contributed by atoms with Gasteiger partial charge in [0.1, 0.15) is 5.76 Å². The first-order chi connectivity index (χ1) is 7.93. The van der Waals surface area contributed by atoms with Gasteiger partial charge < -0.3 is 15.2 Å². The van der Waals surface area contributed by atoms with Crippen molar-refractivity contribution in [2.75, 3.05) is 0 Å². The van der Waals surface area contributed by atoms with E-state index in [9.17, 15) is 14.9 Å². The highest BCUT2D eigenvalue weighted by molar-refractivity contribution is 5.93. The lowest BCUT2D eigenvalue weighted by atomic mass is 10.3. The van der Waals surface area contributed by atoms with Crippen molar-refractivity contribution in [2.24, 2.45) is 10.2 Å². The van der Waals surface area contributed by atoms with E-state index in [1.807, 2.05) is 0 Å². The number of ketones is 1. The lowest BCUT2D eigenvalue weighted by Gasteiger charge is -1.95. The van der Waals surface area contributed by atoms with Crippen molar-refractivity contribution < 1.29 is 14.8 Å². The average Bonchev–Trinajstić information content (AvgIpc) is 2.64. The van der Waals surface area contributed by atoms with E-state index < -0.39 is 16.5 Å². The Morgan fingerprint density at radius 1 is 1.59 bits per heavy atom. The maximum absolute atomic E-state index is 11.0. The highest BCUT2D eigenvalue weighted by Gasteiger charge is 2.15. The van der Waals surface area contributed by atoms with Crippen molar-refractivity contribution in [2.45, 2.75) is 13.8 Å². The van der Waals surface area contributed by atoms with Crippen LogP contribution in [0.1, 0.15) is 13.8 Å². The second-order valence-electron chi connectivity index (χ2n) is 3.02. The Balaban J connectivity index is 3.06. The van der Waals surface area contributed by atoms with Crippen LogP contribution in [0.4, 0.5) is 11.6 Å². The molecule has 0 atom stereocenters. The van der Waals surface area contributed by atoms with Crippen molar-refractivity contribution in [3.63, 3.8) is 0 Å². The molecule has 0 aliphatic rings. The van der Waals surface area contributed by atoms with Gasteiger partial charge in [-0.1, -0.05) is 0 Å². The summed E-state index contributed by atoms with van der Waals surface area (Å²) in [4.78, 5) is 26.6. The molecule has 1 aromatic heterocycles. The number of Topliss-reactive ketones (excluding diaryl/α,β-unsaturated/α-hetero) is 1. The minimum Gasteiger partial charge on any atom is -0.510 e. The number of rotatable bonds is 4. The van der Waals surface area contributed by atoms with Gasteiger partial charge in [0.2, 0.25) is 0 Å². The van der Waals surface area contributed by atoms with Crippen LogP contribution in [-0.2, 0) is 4.79 Å². The number of allylic oxidation sites excluding steroid dienone is 2. The van der Waals surface area contributed by atoms with E-state index in [4.69, 9.17) is 5.11 Å². The van der Waals surface area contributed by atoms with Gasteiger partial charge in [0.25, 0.3) is 5.82 Å². The highest BCUT2D eigenvalue weighted by Crippen LogP contribution is 2.22. The van der Waals surface area contributed by atoms with Gasteiger partial charge in [-0.25, -0.2) is 4.98 Å². The Morgan fingerprint density at radius 2 is 2.24 bits per heavy atom. The van der Waals surface area contributed by atoms with E-state index >= 15 is 0 Å². The summed E-state index contributed by atoms with van der Waals surface area (Å²) < 4.78 is 0. The lowest BCUT2D eigenvalue weighted by molar-refractivity contribution is -0.388. The summed E-state index contributed by atoms with van der Waals surface area (Å²) in [6, 6.07) is 0. The summed E-state index contributed by atoms with van der Waals surface area (Å²) in [5, 5.41) is 26.5. The molecule has 9 heteroatoms. The maximum atomic E-state index is 11.0. The largest absolute Gasteiger partial charge is 0.510 e. The molecule has 0 saturated carbocycles. The Labute approximate surface area is 95.1 Å². The van der Waals surface area contributed by atoms with Gasteiger partial charge in [0.15, 0.2) is 17.8 Å². The predicted molar refractivity (Wildman–Crippen MR) is 55.8 cm³/mol. The standard InChI is InChI=1S/C8H9N5O4/c1-4(14)6(5(2)15)11-12-7-8(13(16)17)10-3-9-7/h3,14H,1-2H3,(H,9,10)/b6-4-,12-11?. The van der Waals surface area contributed by atoms with Crippen LogP contribution in [0.3, 0.4) is 0 Å². The zero-order valence-corrected chi connectivity index (χ0v) is 9.04. The molecule has 9 nitrogen and oxygen atoms in total. The second kappa shape index (κ2) is 4.96. The van der Waals surface area contributed by atoms with Gasteiger partial charge in [-0.05, 0) is 11.8 Å². The van der Waals surface area contributed by atoms with Crippen LogP contribution < -0.4 is 0 Å². The fourth-order valence-corrected chi connectivity index (χ4v) is 0.983. The van der Waals surface area contributed by atoms with Crippen molar-refractivity contribution in [1.82, 2.24) is 9.97 Å². The summed E-state index contributed by atoms with van der Waals surface area (Å²) in [6.07, 6.45) is 1.08. The zero-order valence-electron chi connectivity index (χ0n) is 9.04. The van der Waals surface area contributed by atoms with E-state index in [2.05, 4.69) is 20.2 Å². The van der Waals surface area contributed by atoms with E-state index in [1.165, 1.54) is 13.8 Å². The fraction of sp³-hybridized carbons (Fsp3) is 0.250. The Bertz CT molecular complexity index is 512. The number of aliphatic hydroxyl groups is 1. The van der Waals surface area contributed by atoms with Crippen LogP contribution >= 0.6 is 0 Å². The molecule has 0 aliphatic carbocycles. The van der Waals surface area contributed by atoms with Gasteiger partial charge >= 0.3 is 5.82 Å². The van der Waals surface area contributed by atoms with Crippen molar-refractivity contribution in [3.8, 4) is 0 Å². The highest BCUT2D eigenvalue weighted by atomic mass is 16.6. The Kier molecular flexibility index (Phi) is 3.65. The lowest BCUT2D eigenvalue weighted by Crippen LogP contribution is -1.96. The van der Waals surface area contributed by atoms with E-state index in [0.717, 1.165) is 6.33 Å². The summed E-state index contributed by atoms with van der Waals surface area (Å²) in [7, 11) is 0. The van der Waals surface area contributed by atoms with Crippen LogP contribution in [0.15, 0.2) is 28.0 Å². The van der Waals surface area contributed by atoms with Crippen molar-refractivity contribution in [3.05, 3.63) is 27.9 Å². The van der Waals surface area contributed by atoms with Gasteiger partial charge in [-0.15, -0.1) is 10.2 Å². The predicted octanol–water partition coefficient (Wildman–Crippen LogP) is 1.78. The number of nitrogens with zero attached hydrogens (tertiary/aromatic N) is 4. The molecule has 0 spiro atoms. The van der Waals surface area contributed by atoms with Crippen molar-refractivity contribution in [1.29, 1.82) is 0 Å². The topological polar surface area (TPSA) is 134 Å². The summed E-state index contributed by atoms with van der Waals surface area (Å²) in [5.74, 6) is -1.53. The molecule has 1 aromatic rings. The number of azo groups is 1. The number of carbonyl (C=O) groups excluding carboxylic acids is 1. The molecule has 17 heavy (non-hydrogen) atoms. The molecule has 1 rings (SSSR count). The first-order valence-electron chi connectivity index (χ1n) is 4.43. The molecule has 0 bridgehead atoms. The molecule has 0 fully saturated rings. The van der Waals surface area contributed by atoms with Crippen LogP contribution in [-0.4, -0.2) is 25.8 Å². The average molecular weight is 239 g/mol. The fourth-order valence-electron chi connectivity index (χ4n) is 0.983. The number of aromatic nitrogens is 2. The number of aliphatic hydroxyl groups excluding tert-OH is 1. The first-order valence-corrected chi connectivity index (χ1v) is 4.43. The van der Waals surface area contributed by atoms with Gasteiger partial charge in [-0.2, -0.15) is 4.98 Å². The quantitative estimate of drug-likeness (QED) is 0.271. The number of aromatic amines is 1.